The Morgan fingerprint density at radius 2 is 2.10 bits per heavy atom. The van der Waals surface area contributed by atoms with E-state index in [1.54, 1.807) is 18.2 Å². The number of aromatic nitrogens is 2. The van der Waals surface area contributed by atoms with Gasteiger partial charge in [0.1, 0.15) is 5.76 Å². The molecule has 8 nitrogen and oxygen atoms in total. The van der Waals surface area contributed by atoms with Crippen molar-refractivity contribution in [3.8, 4) is 11.4 Å². The molecule has 0 saturated carbocycles. The minimum Gasteiger partial charge on any atom is -0.478 e. The summed E-state index contributed by atoms with van der Waals surface area (Å²) < 4.78 is 5.88. The molecule has 156 valence electrons. The van der Waals surface area contributed by atoms with Crippen LogP contribution >= 0.6 is 11.6 Å². The molecule has 2 heterocycles. The van der Waals surface area contributed by atoms with Crippen LogP contribution < -0.4 is 11.1 Å². The smallest absolute Gasteiger partial charge is 0.338 e. The first-order valence-corrected chi connectivity index (χ1v) is 9.50. The van der Waals surface area contributed by atoms with E-state index in [0.29, 0.717) is 40.1 Å². The number of nitrogens with zero attached hydrogens (tertiary/aromatic N) is 3. The molecule has 0 saturated heterocycles. The van der Waals surface area contributed by atoms with Gasteiger partial charge in [-0.2, -0.15) is 0 Å². The summed E-state index contributed by atoms with van der Waals surface area (Å²) in [4.78, 5) is 21.1. The van der Waals surface area contributed by atoms with Crippen molar-refractivity contribution in [2.24, 2.45) is 5.73 Å². The van der Waals surface area contributed by atoms with Gasteiger partial charge in [-0.1, -0.05) is 24.3 Å². The van der Waals surface area contributed by atoms with E-state index >= 15 is 0 Å². The maximum absolute atomic E-state index is 11.0. The maximum atomic E-state index is 11.0. The molecule has 1 unspecified atom stereocenters. The lowest BCUT2D eigenvalue weighted by Gasteiger charge is -2.27. The van der Waals surface area contributed by atoms with Crippen LogP contribution in [0, 0.1) is 0 Å². The molecule has 1 aromatic carbocycles. The summed E-state index contributed by atoms with van der Waals surface area (Å²) in [5, 5.41) is 13.5. The number of fused-ring (bicyclic) bond motifs is 1. The number of halogens is 1. The number of aromatic carboxylic acids is 1. The number of hydrogen-bond donors (Lipinski definition) is 3. The first kappa shape index (κ1) is 21.4. The van der Waals surface area contributed by atoms with Crippen LogP contribution in [0.3, 0.4) is 0 Å². The van der Waals surface area contributed by atoms with E-state index in [0.717, 1.165) is 5.39 Å². The lowest BCUT2D eigenvalue weighted by atomic mass is 10.1. The molecule has 0 amide bonds. The highest BCUT2D eigenvalue weighted by atomic mass is 35.5. The fourth-order valence-corrected chi connectivity index (χ4v) is 3.08. The number of benzene rings is 1. The van der Waals surface area contributed by atoms with Crippen molar-refractivity contribution in [2.75, 3.05) is 7.05 Å². The van der Waals surface area contributed by atoms with E-state index in [2.05, 4.69) is 21.9 Å². The molecule has 30 heavy (non-hydrogen) atoms. The first-order chi connectivity index (χ1) is 14.3. The molecule has 0 aliphatic carbocycles. The number of furan rings is 1. The molecule has 0 aliphatic rings. The Bertz CT molecular complexity index is 1110. The van der Waals surface area contributed by atoms with Crippen molar-refractivity contribution in [1.29, 1.82) is 0 Å². The van der Waals surface area contributed by atoms with E-state index in [-0.39, 0.29) is 11.7 Å². The van der Waals surface area contributed by atoms with Gasteiger partial charge in [0.25, 0.3) is 0 Å². The average Bonchev–Trinajstić information content (AvgIpc) is 3.15. The molecule has 4 N–H and O–H groups in total. The van der Waals surface area contributed by atoms with Crippen molar-refractivity contribution in [3.05, 3.63) is 71.5 Å². The summed E-state index contributed by atoms with van der Waals surface area (Å²) in [6.07, 6.45) is 5.85. The number of carbonyl (C=O) groups is 1. The van der Waals surface area contributed by atoms with Crippen LogP contribution in [-0.2, 0) is 6.54 Å². The molecule has 0 bridgehead atoms. The van der Waals surface area contributed by atoms with E-state index in [1.807, 2.05) is 31.0 Å². The SMILES string of the molecule is C=C/C=C(/N)N(C)C(C)NCc1cc2cc(-c3ncc(C(=O)O)cn3)cc(Cl)c2o1. The van der Waals surface area contributed by atoms with E-state index in [9.17, 15) is 4.79 Å². The predicted molar refractivity (Wildman–Crippen MR) is 116 cm³/mol. The second-order valence-electron chi connectivity index (χ2n) is 6.68. The molecule has 0 aliphatic heterocycles. The van der Waals surface area contributed by atoms with E-state index in [4.69, 9.17) is 26.9 Å². The van der Waals surface area contributed by atoms with Crippen LogP contribution in [0.1, 0.15) is 23.0 Å². The number of carboxylic acids is 1. The minimum absolute atomic E-state index is 0.0188. The largest absolute Gasteiger partial charge is 0.478 e. The number of hydrogen-bond acceptors (Lipinski definition) is 7. The summed E-state index contributed by atoms with van der Waals surface area (Å²) in [5.41, 5.74) is 7.21. The van der Waals surface area contributed by atoms with Crippen LogP contribution in [0.5, 0.6) is 0 Å². The third-order valence-corrected chi connectivity index (χ3v) is 4.91. The summed E-state index contributed by atoms with van der Waals surface area (Å²) in [7, 11) is 1.88. The Kier molecular flexibility index (Phi) is 6.39. The van der Waals surface area contributed by atoms with Crippen LogP contribution in [0.4, 0.5) is 0 Å². The van der Waals surface area contributed by atoms with Crippen molar-refractivity contribution >= 4 is 28.5 Å². The summed E-state index contributed by atoms with van der Waals surface area (Å²) >= 11 is 6.39. The van der Waals surface area contributed by atoms with E-state index < -0.39 is 5.97 Å². The molecule has 0 radical (unpaired) electrons. The van der Waals surface area contributed by atoms with Crippen LogP contribution in [-0.4, -0.2) is 39.2 Å². The van der Waals surface area contributed by atoms with Gasteiger partial charge in [-0.25, -0.2) is 14.8 Å². The quantitative estimate of drug-likeness (QED) is 0.368. The monoisotopic (exact) mass is 427 g/mol. The number of nitrogens with two attached hydrogens (primary N) is 1. The molecular formula is C21H22ClN5O3. The van der Waals surface area contributed by atoms with Gasteiger partial charge >= 0.3 is 5.97 Å². The van der Waals surface area contributed by atoms with Gasteiger partial charge in [-0.15, -0.1) is 0 Å². The highest BCUT2D eigenvalue weighted by molar-refractivity contribution is 6.35. The molecule has 3 rings (SSSR count). The Labute approximate surface area is 178 Å². The number of rotatable bonds is 8. The lowest BCUT2D eigenvalue weighted by Crippen LogP contribution is -2.42. The van der Waals surface area contributed by atoms with Gasteiger partial charge in [0, 0.05) is 30.4 Å². The maximum Gasteiger partial charge on any atom is 0.338 e. The lowest BCUT2D eigenvalue weighted by molar-refractivity contribution is 0.0696. The number of nitrogens with one attached hydrogen (secondary N) is 1. The van der Waals surface area contributed by atoms with Gasteiger partial charge in [0.15, 0.2) is 11.4 Å². The van der Waals surface area contributed by atoms with Crippen LogP contribution in [0.2, 0.25) is 5.02 Å². The van der Waals surface area contributed by atoms with E-state index in [1.165, 1.54) is 12.4 Å². The van der Waals surface area contributed by atoms with Crippen LogP contribution in [0.25, 0.3) is 22.4 Å². The summed E-state index contributed by atoms with van der Waals surface area (Å²) in [6.45, 7) is 6.09. The third-order valence-electron chi connectivity index (χ3n) is 4.63. The fraction of sp³-hybridized carbons (Fsp3) is 0.190. The van der Waals surface area contributed by atoms with Crippen molar-refractivity contribution in [1.82, 2.24) is 20.2 Å². The Hall–Kier alpha value is -3.36. The van der Waals surface area contributed by atoms with Crippen molar-refractivity contribution in [3.63, 3.8) is 0 Å². The fourth-order valence-electron chi connectivity index (χ4n) is 2.81. The van der Waals surface area contributed by atoms with Gasteiger partial charge in [-0.05, 0) is 31.2 Å². The van der Waals surface area contributed by atoms with Crippen LogP contribution in [0.15, 0.2) is 59.6 Å². The standard InChI is InChI=1S/C21H22ClN5O3/c1-4-5-18(23)27(3)12(2)24-11-16-7-13-6-14(8-17(22)19(13)30-16)20-25-9-15(10-26-20)21(28)29/h4-10,12,24H,1,11,23H2,2-3H3,(H,28,29)/b18-5-. The predicted octanol–water partition coefficient (Wildman–Crippen LogP) is 3.59. The zero-order valence-corrected chi connectivity index (χ0v) is 17.3. The highest BCUT2D eigenvalue weighted by Crippen LogP contribution is 2.31. The van der Waals surface area contributed by atoms with Gasteiger partial charge < -0.3 is 20.2 Å². The second-order valence-corrected chi connectivity index (χ2v) is 7.09. The Morgan fingerprint density at radius 1 is 1.40 bits per heavy atom. The zero-order chi connectivity index (χ0) is 21.8. The molecule has 1 atom stereocenters. The first-order valence-electron chi connectivity index (χ1n) is 9.12. The van der Waals surface area contributed by atoms with Crippen molar-refractivity contribution < 1.29 is 14.3 Å². The molecule has 9 heteroatoms. The molecule has 0 spiro atoms. The molecular weight excluding hydrogens is 406 g/mol. The third kappa shape index (κ3) is 4.61. The van der Waals surface area contributed by atoms with Gasteiger partial charge in [0.05, 0.1) is 29.1 Å². The molecule has 3 aromatic rings. The number of allylic oxidation sites excluding steroid dienone is 2. The van der Waals surface area contributed by atoms with Gasteiger partial charge in [-0.3, -0.25) is 5.32 Å². The summed E-state index contributed by atoms with van der Waals surface area (Å²) in [6, 6.07) is 5.43. The van der Waals surface area contributed by atoms with Gasteiger partial charge in [0.2, 0.25) is 0 Å². The normalized spacial score (nSPS) is 12.7. The Morgan fingerprint density at radius 3 is 2.73 bits per heavy atom. The minimum atomic E-state index is -1.08. The topological polar surface area (TPSA) is 118 Å². The highest BCUT2D eigenvalue weighted by Gasteiger charge is 2.14. The average molecular weight is 428 g/mol. The van der Waals surface area contributed by atoms with Crippen molar-refractivity contribution in [2.45, 2.75) is 19.6 Å². The Balaban J connectivity index is 1.79. The summed E-state index contributed by atoms with van der Waals surface area (Å²) in [5.74, 6) is 0.599. The molecule has 0 fully saturated rings. The number of carboxylic acid groups (broad SMARTS) is 1. The second kappa shape index (κ2) is 8.98. The molecule has 2 aromatic heterocycles. The zero-order valence-electron chi connectivity index (χ0n) is 16.6.